The number of fused-ring (bicyclic) bond motifs is 2. The van der Waals surface area contributed by atoms with Crippen molar-refractivity contribution in [3.05, 3.63) is 35.9 Å². The summed E-state index contributed by atoms with van der Waals surface area (Å²) in [6.07, 6.45) is 2.95. The Morgan fingerprint density at radius 1 is 1.11 bits per heavy atom. The first kappa shape index (κ1) is 14.7. The predicted molar refractivity (Wildman–Crippen MR) is 71.9 cm³/mol. The van der Waals surface area contributed by atoms with Gasteiger partial charge in [-0.25, -0.2) is 0 Å². The van der Waals surface area contributed by atoms with E-state index in [9.17, 15) is 4.79 Å². The summed E-state index contributed by atoms with van der Waals surface area (Å²) in [6, 6.07) is 10.8. The van der Waals surface area contributed by atoms with E-state index in [1.54, 1.807) is 0 Å². The number of likely N-dealkylation sites (tertiary alicyclic amines) is 1. The molecule has 2 atom stereocenters. The fourth-order valence-electron chi connectivity index (χ4n) is 4.12. The third-order valence-corrected chi connectivity index (χ3v) is 4.50. The number of halogens is 1. The first-order chi connectivity index (χ1) is 8.63. The second-order valence-electron chi connectivity index (χ2n) is 6.54. The highest BCUT2D eigenvalue weighted by Gasteiger charge is 2.41. The molecule has 2 aliphatic rings. The zero-order chi connectivity index (χ0) is 12.6. The van der Waals surface area contributed by atoms with E-state index in [1.165, 1.54) is 25.1 Å². The minimum Gasteiger partial charge on any atom is -1.00 e. The maximum Gasteiger partial charge on any atom is 0.133 e. The summed E-state index contributed by atoms with van der Waals surface area (Å²) < 4.78 is 1.12. The second-order valence-corrected chi connectivity index (χ2v) is 6.54. The van der Waals surface area contributed by atoms with Gasteiger partial charge in [-0.3, -0.25) is 4.79 Å². The van der Waals surface area contributed by atoms with Gasteiger partial charge in [0.25, 0.3) is 0 Å². The van der Waals surface area contributed by atoms with Gasteiger partial charge in [-0.15, -0.1) is 0 Å². The van der Waals surface area contributed by atoms with Crippen LogP contribution in [0.1, 0.15) is 24.8 Å². The van der Waals surface area contributed by atoms with Crippen LogP contribution in [0.25, 0.3) is 0 Å². The second kappa shape index (κ2) is 5.76. The molecule has 0 radical (unpaired) electrons. The van der Waals surface area contributed by atoms with Crippen molar-refractivity contribution < 1.29 is 26.3 Å². The number of piperidine rings is 1. The van der Waals surface area contributed by atoms with E-state index >= 15 is 0 Å². The van der Waals surface area contributed by atoms with E-state index in [0.717, 1.165) is 23.9 Å². The molecule has 104 valence electrons. The lowest BCUT2D eigenvalue weighted by Crippen LogP contribution is -3.00. The van der Waals surface area contributed by atoms with Gasteiger partial charge in [0, 0.05) is 30.2 Å². The van der Waals surface area contributed by atoms with Gasteiger partial charge >= 0.3 is 0 Å². The molecule has 0 N–H and O–H groups in total. The average molecular weight is 324 g/mol. The first-order valence-corrected chi connectivity index (χ1v) is 7.02. The summed E-state index contributed by atoms with van der Waals surface area (Å²) in [4.78, 5) is 11.6. The SMILES string of the molecule is C[N+]1(Cc2ccccc2)CC2CC(=O)CC(C2)C1.[Br-]. The third-order valence-electron chi connectivity index (χ3n) is 4.50. The van der Waals surface area contributed by atoms with Crippen molar-refractivity contribution in [3.63, 3.8) is 0 Å². The van der Waals surface area contributed by atoms with Crippen LogP contribution in [-0.4, -0.2) is 30.4 Å². The minimum absolute atomic E-state index is 0. The number of Topliss-reactive ketones (excluding diaryl/α,β-unsaturated/α-hetero) is 1. The maximum atomic E-state index is 11.6. The standard InChI is InChI=1S/C16H22NO.BrH/c1-17(10-13-5-3-2-4-6-13)11-14-7-15(12-17)9-16(18)8-14;/h2-6,14-15H,7-12H2,1H3;1H/q+1;/p-1. The fraction of sp³-hybridized carbons (Fsp3) is 0.562. The Kier molecular flexibility index (Phi) is 4.46. The van der Waals surface area contributed by atoms with Gasteiger partial charge in [0.15, 0.2) is 0 Å². The molecule has 1 aliphatic heterocycles. The molecule has 0 amide bonds. The molecule has 1 aromatic rings. The number of benzene rings is 1. The van der Waals surface area contributed by atoms with Crippen molar-refractivity contribution in [2.75, 3.05) is 20.1 Å². The van der Waals surface area contributed by atoms with Crippen LogP contribution in [0, 0.1) is 11.8 Å². The number of ketones is 1. The lowest BCUT2D eigenvalue weighted by atomic mass is 9.76. The van der Waals surface area contributed by atoms with Crippen LogP contribution in [0.5, 0.6) is 0 Å². The molecule has 3 heteroatoms. The Balaban J connectivity index is 0.00000133. The van der Waals surface area contributed by atoms with E-state index in [0.29, 0.717) is 17.6 Å². The number of hydrogen-bond donors (Lipinski definition) is 0. The number of quaternary nitrogens is 1. The van der Waals surface area contributed by atoms with Gasteiger partial charge in [-0.1, -0.05) is 30.3 Å². The van der Waals surface area contributed by atoms with Crippen molar-refractivity contribution >= 4 is 5.78 Å². The molecule has 1 heterocycles. The highest BCUT2D eigenvalue weighted by atomic mass is 79.9. The van der Waals surface area contributed by atoms with Crippen LogP contribution >= 0.6 is 0 Å². The van der Waals surface area contributed by atoms with Crippen molar-refractivity contribution in [2.45, 2.75) is 25.8 Å². The summed E-state index contributed by atoms with van der Waals surface area (Å²) >= 11 is 0. The van der Waals surface area contributed by atoms with E-state index in [2.05, 4.69) is 37.4 Å². The van der Waals surface area contributed by atoms with Crippen LogP contribution in [-0.2, 0) is 11.3 Å². The van der Waals surface area contributed by atoms with Crippen molar-refractivity contribution in [1.82, 2.24) is 0 Å². The molecule has 2 bridgehead atoms. The Morgan fingerprint density at radius 3 is 2.26 bits per heavy atom. The molecule has 2 nitrogen and oxygen atoms in total. The molecule has 0 aromatic heterocycles. The van der Waals surface area contributed by atoms with Crippen LogP contribution in [0.3, 0.4) is 0 Å². The molecule has 2 unspecified atom stereocenters. The molecule has 2 fully saturated rings. The van der Waals surface area contributed by atoms with Crippen LogP contribution in [0.4, 0.5) is 0 Å². The van der Waals surface area contributed by atoms with Gasteiger partial charge in [-0.2, -0.15) is 0 Å². The summed E-state index contributed by atoms with van der Waals surface area (Å²) in [5, 5.41) is 0. The maximum absolute atomic E-state index is 11.6. The van der Waals surface area contributed by atoms with Gasteiger partial charge in [0.1, 0.15) is 12.3 Å². The lowest BCUT2D eigenvalue weighted by molar-refractivity contribution is -0.934. The fourth-order valence-corrected chi connectivity index (χ4v) is 4.12. The van der Waals surface area contributed by atoms with Crippen molar-refractivity contribution in [1.29, 1.82) is 0 Å². The number of rotatable bonds is 2. The average Bonchev–Trinajstić information content (AvgIpc) is 2.27. The Morgan fingerprint density at radius 2 is 1.68 bits per heavy atom. The van der Waals surface area contributed by atoms with Crippen LogP contribution < -0.4 is 17.0 Å². The van der Waals surface area contributed by atoms with Crippen molar-refractivity contribution in [2.24, 2.45) is 11.8 Å². The van der Waals surface area contributed by atoms with Gasteiger partial charge < -0.3 is 21.5 Å². The molecule has 3 rings (SSSR count). The van der Waals surface area contributed by atoms with E-state index in [-0.39, 0.29) is 17.0 Å². The van der Waals surface area contributed by atoms with Gasteiger partial charge in [0.05, 0.1) is 20.1 Å². The lowest BCUT2D eigenvalue weighted by Gasteiger charge is -2.46. The Bertz CT molecular complexity index is 429. The van der Waals surface area contributed by atoms with Gasteiger partial charge in [-0.05, 0) is 6.42 Å². The smallest absolute Gasteiger partial charge is 0.133 e. The highest BCUT2D eigenvalue weighted by Crippen LogP contribution is 2.36. The zero-order valence-electron chi connectivity index (χ0n) is 11.5. The van der Waals surface area contributed by atoms with Crippen LogP contribution in [0.2, 0.25) is 0 Å². The number of nitrogens with zero attached hydrogens (tertiary/aromatic N) is 1. The number of carbonyl (C=O) groups excluding carboxylic acids is 1. The molecular formula is C16H22BrNO. The Hall–Kier alpha value is -0.670. The summed E-state index contributed by atoms with van der Waals surface area (Å²) in [7, 11) is 2.36. The van der Waals surface area contributed by atoms with E-state index in [1.807, 2.05) is 0 Å². The highest BCUT2D eigenvalue weighted by molar-refractivity contribution is 5.79. The number of hydrogen-bond acceptors (Lipinski definition) is 1. The summed E-state index contributed by atoms with van der Waals surface area (Å²) in [6.45, 7) is 3.47. The molecule has 1 saturated heterocycles. The summed E-state index contributed by atoms with van der Waals surface area (Å²) in [5.74, 6) is 1.78. The molecule has 1 saturated carbocycles. The third kappa shape index (κ3) is 3.46. The van der Waals surface area contributed by atoms with Crippen molar-refractivity contribution in [3.8, 4) is 0 Å². The molecular weight excluding hydrogens is 302 g/mol. The summed E-state index contributed by atoms with van der Waals surface area (Å²) in [5.41, 5.74) is 1.42. The monoisotopic (exact) mass is 323 g/mol. The van der Waals surface area contributed by atoms with Gasteiger partial charge in [0.2, 0.25) is 0 Å². The minimum atomic E-state index is 0. The van der Waals surface area contributed by atoms with E-state index < -0.39 is 0 Å². The quantitative estimate of drug-likeness (QED) is 0.679. The largest absolute Gasteiger partial charge is 1.00 e. The molecule has 19 heavy (non-hydrogen) atoms. The van der Waals surface area contributed by atoms with E-state index in [4.69, 9.17) is 0 Å². The molecule has 1 aromatic carbocycles. The molecule has 1 aliphatic carbocycles. The first-order valence-electron chi connectivity index (χ1n) is 7.02. The number of carbonyl (C=O) groups is 1. The zero-order valence-corrected chi connectivity index (χ0v) is 13.1. The topological polar surface area (TPSA) is 17.1 Å². The predicted octanol–water partition coefficient (Wildman–Crippen LogP) is -0.364. The normalized spacial score (nSPS) is 33.6. The Labute approximate surface area is 126 Å². The molecule has 0 spiro atoms. The van der Waals surface area contributed by atoms with Crippen LogP contribution in [0.15, 0.2) is 30.3 Å².